The lowest BCUT2D eigenvalue weighted by Gasteiger charge is -2.04. The maximum absolute atomic E-state index is 11.2. The Morgan fingerprint density at radius 1 is 1.21 bits per heavy atom. The van der Waals surface area contributed by atoms with Crippen molar-refractivity contribution in [3.8, 4) is 22.6 Å². The third-order valence-electron chi connectivity index (χ3n) is 3.67. The lowest BCUT2D eigenvalue weighted by Crippen LogP contribution is -2.74. The second-order valence-corrected chi connectivity index (χ2v) is 5.11. The van der Waals surface area contributed by atoms with Crippen molar-refractivity contribution in [1.29, 1.82) is 0 Å². The van der Waals surface area contributed by atoms with E-state index in [1.165, 1.54) is 12.1 Å². The third-order valence-corrected chi connectivity index (χ3v) is 3.67. The zero-order chi connectivity index (χ0) is 17.1. The van der Waals surface area contributed by atoms with Crippen molar-refractivity contribution in [3.63, 3.8) is 0 Å². The quantitative estimate of drug-likeness (QED) is 0.490. The molecule has 24 heavy (non-hydrogen) atoms. The van der Waals surface area contributed by atoms with Crippen LogP contribution in [0.1, 0.15) is 10.4 Å². The number of methoxy groups -OCH3 is 1. The summed E-state index contributed by atoms with van der Waals surface area (Å²) < 4.78 is 6.80. The van der Waals surface area contributed by atoms with Gasteiger partial charge in [-0.1, -0.05) is 0 Å². The molecule has 4 N–H and O–H groups in total. The Morgan fingerprint density at radius 2 is 1.96 bits per heavy atom. The van der Waals surface area contributed by atoms with Crippen LogP contribution in [-0.2, 0) is 0 Å². The number of aromatic carboxylic acids is 1. The second-order valence-electron chi connectivity index (χ2n) is 5.11. The first kappa shape index (κ1) is 15.7. The number of carboxylic acids is 1. The van der Waals surface area contributed by atoms with Gasteiger partial charge in [-0.15, -0.1) is 0 Å². The van der Waals surface area contributed by atoms with Gasteiger partial charge in [0.15, 0.2) is 5.69 Å². The SMILES string of the molecule is COc1ccc(-n2cc(-c3cc(C(=O)O)ccc3[NH2+]O)cn2)cc1. The van der Waals surface area contributed by atoms with Crippen molar-refractivity contribution in [2.45, 2.75) is 0 Å². The summed E-state index contributed by atoms with van der Waals surface area (Å²) in [4.78, 5) is 11.2. The Bertz CT molecular complexity index is 872. The second kappa shape index (κ2) is 6.53. The van der Waals surface area contributed by atoms with Crippen LogP contribution in [0.3, 0.4) is 0 Å². The Kier molecular flexibility index (Phi) is 4.28. The smallest absolute Gasteiger partial charge is 0.335 e. The van der Waals surface area contributed by atoms with E-state index in [2.05, 4.69) is 5.10 Å². The molecule has 0 aliphatic rings. The van der Waals surface area contributed by atoms with Crippen molar-refractivity contribution in [2.24, 2.45) is 0 Å². The van der Waals surface area contributed by atoms with Gasteiger partial charge < -0.3 is 9.84 Å². The summed E-state index contributed by atoms with van der Waals surface area (Å²) in [6.07, 6.45) is 3.40. The van der Waals surface area contributed by atoms with Crippen LogP contribution in [0.2, 0.25) is 0 Å². The zero-order valence-corrected chi connectivity index (χ0v) is 12.9. The highest BCUT2D eigenvalue weighted by Gasteiger charge is 2.14. The van der Waals surface area contributed by atoms with E-state index in [-0.39, 0.29) is 5.56 Å². The molecule has 0 aliphatic heterocycles. The van der Waals surface area contributed by atoms with Gasteiger partial charge in [-0.25, -0.2) is 14.7 Å². The van der Waals surface area contributed by atoms with Gasteiger partial charge in [0.25, 0.3) is 0 Å². The maximum Gasteiger partial charge on any atom is 0.335 e. The summed E-state index contributed by atoms with van der Waals surface area (Å²) in [5.41, 5.74) is 3.76. The molecule has 0 spiro atoms. The van der Waals surface area contributed by atoms with Crippen molar-refractivity contribution in [2.75, 3.05) is 7.11 Å². The minimum atomic E-state index is -1.02. The first-order chi connectivity index (χ1) is 11.6. The van der Waals surface area contributed by atoms with Gasteiger partial charge in [-0.05, 0) is 36.4 Å². The first-order valence-electron chi connectivity index (χ1n) is 7.16. The van der Waals surface area contributed by atoms with Crippen LogP contribution in [-0.4, -0.2) is 33.2 Å². The number of aromatic nitrogens is 2. The van der Waals surface area contributed by atoms with E-state index in [1.807, 2.05) is 24.3 Å². The molecule has 0 bridgehead atoms. The van der Waals surface area contributed by atoms with Crippen LogP contribution < -0.4 is 10.2 Å². The standard InChI is InChI=1S/C17H15N3O4/c1-24-14-5-3-13(4-6-14)20-10-12(9-18-20)15-8-11(17(21)22)2-7-16(15)19-23/h2-10,19,23H,1H3,(H,21,22)/p+1. The number of hydrogen-bond acceptors (Lipinski definition) is 4. The number of hydrogen-bond donors (Lipinski definition) is 3. The fourth-order valence-corrected chi connectivity index (χ4v) is 2.39. The number of carboxylic acid groups (broad SMARTS) is 1. The summed E-state index contributed by atoms with van der Waals surface area (Å²) in [6, 6.07) is 11.9. The summed E-state index contributed by atoms with van der Waals surface area (Å²) >= 11 is 0. The van der Waals surface area contributed by atoms with Crippen LogP contribution in [0.4, 0.5) is 5.69 Å². The predicted octanol–water partition coefficient (Wildman–Crippen LogP) is 1.83. The molecule has 0 saturated heterocycles. The fourth-order valence-electron chi connectivity index (χ4n) is 2.39. The lowest BCUT2D eigenvalue weighted by molar-refractivity contribution is -0.825. The van der Waals surface area contributed by atoms with Gasteiger partial charge in [-0.2, -0.15) is 10.6 Å². The Hall–Kier alpha value is -3.16. The molecular formula is C17H16N3O4+. The summed E-state index contributed by atoms with van der Waals surface area (Å²) in [6.45, 7) is 0. The normalized spacial score (nSPS) is 10.6. The molecule has 2 aromatic carbocycles. The van der Waals surface area contributed by atoms with Gasteiger partial charge in [0.05, 0.1) is 24.6 Å². The van der Waals surface area contributed by atoms with Crippen molar-refractivity contribution >= 4 is 11.7 Å². The minimum absolute atomic E-state index is 0.146. The minimum Gasteiger partial charge on any atom is -0.497 e. The summed E-state index contributed by atoms with van der Waals surface area (Å²) in [5, 5.41) is 22.8. The molecule has 1 aromatic heterocycles. The predicted molar refractivity (Wildman–Crippen MR) is 85.9 cm³/mol. The van der Waals surface area contributed by atoms with Gasteiger partial charge in [-0.3, -0.25) is 0 Å². The molecule has 122 valence electrons. The molecule has 3 aromatic rings. The van der Waals surface area contributed by atoms with Crippen molar-refractivity contribution in [1.82, 2.24) is 9.78 Å². The zero-order valence-electron chi connectivity index (χ0n) is 12.9. The van der Waals surface area contributed by atoms with E-state index < -0.39 is 5.97 Å². The topological polar surface area (TPSA) is 101 Å². The van der Waals surface area contributed by atoms with Crippen LogP contribution in [0.25, 0.3) is 16.8 Å². The van der Waals surface area contributed by atoms with Gasteiger partial charge in [0.2, 0.25) is 0 Å². The molecule has 0 atom stereocenters. The number of carbonyl (C=O) groups is 1. The molecule has 1 heterocycles. The van der Waals surface area contributed by atoms with E-state index in [0.717, 1.165) is 16.9 Å². The first-order valence-corrected chi connectivity index (χ1v) is 7.16. The van der Waals surface area contributed by atoms with E-state index in [4.69, 9.17) is 9.84 Å². The number of benzene rings is 2. The number of quaternary nitrogens is 1. The van der Waals surface area contributed by atoms with E-state index in [9.17, 15) is 10.0 Å². The van der Waals surface area contributed by atoms with Crippen molar-refractivity contribution in [3.05, 3.63) is 60.4 Å². The van der Waals surface area contributed by atoms with Gasteiger partial charge in [0, 0.05) is 23.4 Å². The highest BCUT2D eigenvalue weighted by molar-refractivity contribution is 5.91. The van der Waals surface area contributed by atoms with Crippen LogP contribution in [0, 0.1) is 0 Å². The molecule has 0 fully saturated rings. The fraction of sp³-hybridized carbons (Fsp3) is 0.0588. The number of nitrogens with two attached hydrogens (primary N) is 1. The Labute approximate surface area is 137 Å². The molecule has 0 radical (unpaired) electrons. The molecule has 0 unspecified atom stereocenters. The average Bonchev–Trinajstić information content (AvgIpc) is 3.11. The lowest BCUT2D eigenvalue weighted by atomic mass is 10.0. The summed E-state index contributed by atoms with van der Waals surface area (Å²) in [7, 11) is 1.60. The van der Waals surface area contributed by atoms with E-state index >= 15 is 0 Å². The molecule has 0 aliphatic carbocycles. The number of ether oxygens (including phenoxy) is 1. The van der Waals surface area contributed by atoms with Crippen LogP contribution >= 0.6 is 0 Å². The summed E-state index contributed by atoms with van der Waals surface area (Å²) in [5.74, 6) is -0.277. The highest BCUT2D eigenvalue weighted by Crippen LogP contribution is 2.27. The van der Waals surface area contributed by atoms with Gasteiger partial charge in [0.1, 0.15) is 5.75 Å². The molecule has 3 rings (SSSR count). The molecular weight excluding hydrogens is 310 g/mol. The molecule has 0 saturated carbocycles. The van der Waals surface area contributed by atoms with Gasteiger partial charge >= 0.3 is 5.97 Å². The van der Waals surface area contributed by atoms with Crippen LogP contribution in [0.5, 0.6) is 5.75 Å². The number of nitrogens with zero attached hydrogens (tertiary/aromatic N) is 2. The Balaban J connectivity index is 2.00. The van der Waals surface area contributed by atoms with Crippen molar-refractivity contribution < 1.29 is 25.3 Å². The molecule has 0 amide bonds. The molecule has 7 nitrogen and oxygen atoms in total. The monoisotopic (exact) mass is 326 g/mol. The average molecular weight is 326 g/mol. The third kappa shape index (κ3) is 2.98. The number of rotatable bonds is 5. The molecule has 7 heteroatoms. The van der Waals surface area contributed by atoms with Crippen LogP contribution in [0.15, 0.2) is 54.9 Å². The van der Waals surface area contributed by atoms with E-state index in [0.29, 0.717) is 16.8 Å². The maximum atomic E-state index is 11.2. The Morgan fingerprint density at radius 3 is 2.58 bits per heavy atom. The highest BCUT2D eigenvalue weighted by atomic mass is 16.5. The largest absolute Gasteiger partial charge is 0.497 e. The van der Waals surface area contributed by atoms with E-state index in [1.54, 1.807) is 30.3 Å².